The molecule has 0 atom stereocenters. The summed E-state index contributed by atoms with van der Waals surface area (Å²) in [7, 11) is 0. The second kappa shape index (κ2) is 5.52. The normalized spacial score (nSPS) is 13.3. The summed E-state index contributed by atoms with van der Waals surface area (Å²) in [5.74, 6) is -1.45. The number of ketones is 1. The van der Waals surface area contributed by atoms with Crippen LogP contribution in [-0.4, -0.2) is 28.8 Å². The van der Waals surface area contributed by atoms with Crippen LogP contribution in [0.5, 0.6) is 0 Å². The summed E-state index contributed by atoms with van der Waals surface area (Å²) in [6.45, 7) is 0. The Balaban J connectivity index is 2.38. The van der Waals surface area contributed by atoms with E-state index in [1.54, 1.807) is 24.3 Å². The molecule has 0 spiro atoms. The Hall–Kier alpha value is -2.09. The van der Waals surface area contributed by atoms with Crippen LogP contribution in [0.3, 0.4) is 0 Å². The van der Waals surface area contributed by atoms with E-state index in [1.807, 2.05) is 0 Å². The highest BCUT2D eigenvalue weighted by molar-refractivity contribution is 6.00. The summed E-state index contributed by atoms with van der Waals surface area (Å²) in [6.07, 6.45) is -14.2. The van der Waals surface area contributed by atoms with Gasteiger partial charge in [-0.15, -0.1) is 0 Å². The molecule has 8 heteroatoms. The summed E-state index contributed by atoms with van der Waals surface area (Å²) in [5, 5.41) is 10.2. The average Bonchev–Trinajstić information content (AvgIpc) is 2.44. The van der Waals surface area contributed by atoms with Crippen molar-refractivity contribution in [1.29, 1.82) is 0 Å². The first kappa shape index (κ1) is 17.3. The highest BCUT2D eigenvalue weighted by Crippen LogP contribution is 2.45. The van der Waals surface area contributed by atoms with Gasteiger partial charge in [0, 0.05) is 5.56 Å². The van der Waals surface area contributed by atoms with E-state index in [9.17, 15) is 31.1 Å². The Kier molecular flexibility index (Phi) is 4.14. The number of hydrogen-bond acceptors (Lipinski definition) is 2. The first-order valence-corrected chi connectivity index (χ1v) is 6.33. The fourth-order valence-electron chi connectivity index (χ4n) is 2.06. The fourth-order valence-corrected chi connectivity index (χ4v) is 2.06. The second-order valence-corrected chi connectivity index (χ2v) is 5.02. The molecule has 0 aliphatic rings. The molecule has 2 rings (SSSR count). The Bertz CT molecular complexity index is 719. The molecule has 0 unspecified atom stereocenters. The quantitative estimate of drug-likeness (QED) is 0.671. The molecule has 23 heavy (non-hydrogen) atoms. The standard InChI is InChI=1S/C15H10F6O2/c16-14(17,18)13(23,15(19,20)21)8-12(22)11-6-5-9-3-1-2-4-10(9)7-11/h1-7,23H,8H2. The second-order valence-electron chi connectivity index (χ2n) is 5.02. The van der Waals surface area contributed by atoms with E-state index in [-0.39, 0.29) is 5.56 Å². The highest BCUT2D eigenvalue weighted by Gasteiger charge is 2.70. The number of aliphatic hydroxyl groups is 1. The molecule has 2 aromatic rings. The number of rotatable bonds is 3. The van der Waals surface area contributed by atoms with Gasteiger partial charge < -0.3 is 5.11 Å². The largest absolute Gasteiger partial charge is 0.426 e. The monoisotopic (exact) mass is 336 g/mol. The molecule has 0 aliphatic carbocycles. The number of fused-ring (bicyclic) bond motifs is 1. The van der Waals surface area contributed by atoms with Gasteiger partial charge in [0.25, 0.3) is 5.60 Å². The van der Waals surface area contributed by atoms with Crippen molar-refractivity contribution in [3.05, 3.63) is 48.0 Å². The maximum atomic E-state index is 12.6. The lowest BCUT2D eigenvalue weighted by molar-refractivity contribution is -0.365. The van der Waals surface area contributed by atoms with E-state index in [0.29, 0.717) is 10.8 Å². The summed E-state index contributed by atoms with van der Waals surface area (Å²) in [5.41, 5.74) is -5.42. The number of Topliss-reactive ketones (excluding diaryl/α,β-unsaturated/α-hetero) is 1. The molecular formula is C15H10F6O2. The molecule has 0 saturated carbocycles. The van der Waals surface area contributed by atoms with Crippen molar-refractivity contribution in [2.24, 2.45) is 0 Å². The lowest BCUT2D eigenvalue weighted by Crippen LogP contribution is -2.57. The molecule has 0 fully saturated rings. The maximum Gasteiger partial charge on any atom is 0.426 e. The Morgan fingerprint density at radius 1 is 0.870 bits per heavy atom. The predicted octanol–water partition coefficient (Wildman–Crippen LogP) is 4.27. The van der Waals surface area contributed by atoms with Gasteiger partial charge in [0.2, 0.25) is 0 Å². The van der Waals surface area contributed by atoms with Crippen molar-refractivity contribution in [3.8, 4) is 0 Å². The summed E-state index contributed by atoms with van der Waals surface area (Å²) < 4.78 is 75.6. The van der Waals surface area contributed by atoms with Crippen LogP contribution in [0.4, 0.5) is 26.3 Å². The van der Waals surface area contributed by atoms with E-state index < -0.39 is 30.2 Å². The Labute approximate surface area is 126 Å². The molecular weight excluding hydrogens is 326 g/mol. The third-order valence-electron chi connectivity index (χ3n) is 3.43. The fraction of sp³-hybridized carbons (Fsp3) is 0.267. The minimum Gasteiger partial charge on any atom is -0.373 e. The zero-order chi connectivity index (χ0) is 17.5. The molecule has 0 aromatic heterocycles. The van der Waals surface area contributed by atoms with Crippen LogP contribution in [0.25, 0.3) is 10.8 Å². The summed E-state index contributed by atoms with van der Waals surface area (Å²) in [6, 6.07) is 10.2. The van der Waals surface area contributed by atoms with Gasteiger partial charge in [-0.3, -0.25) is 4.79 Å². The maximum absolute atomic E-state index is 12.6. The third kappa shape index (κ3) is 3.17. The molecule has 2 nitrogen and oxygen atoms in total. The zero-order valence-corrected chi connectivity index (χ0v) is 11.4. The van der Waals surface area contributed by atoms with Crippen LogP contribution in [0.1, 0.15) is 16.8 Å². The zero-order valence-electron chi connectivity index (χ0n) is 11.4. The molecule has 0 bridgehead atoms. The number of benzene rings is 2. The van der Waals surface area contributed by atoms with Gasteiger partial charge in [-0.25, -0.2) is 0 Å². The van der Waals surface area contributed by atoms with E-state index in [4.69, 9.17) is 5.11 Å². The third-order valence-corrected chi connectivity index (χ3v) is 3.43. The van der Waals surface area contributed by atoms with Crippen molar-refractivity contribution in [1.82, 2.24) is 0 Å². The minimum absolute atomic E-state index is 0.337. The van der Waals surface area contributed by atoms with Crippen LogP contribution in [-0.2, 0) is 0 Å². The van der Waals surface area contributed by atoms with Crippen LogP contribution in [0, 0.1) is 0 Å². The lowest BCUT2D eigenvalue weighted by Gasteiger charge is -2.31. The molecule has 0 aliphatic heterocycles. The number of hydrogen-bond donors (Lipinski definition) is 1. The van der Waals surface area contributed by atoms with Crippen molar-refractivity contribution in [3.63, 3.8) is 0 Å². The number of carbonyl (C=O) groups is 1. The van der Waals surface area contributed by atoms with Crippen molar-refractivity contribution in [2.45, 2.75) is 24.4 Å². The summed E-state index contributed by atoms with van der Waals surface area (Å²) >= 11 is 0. The Morgan fingerprint density at radius 2 is 1.39 bits per heavy atom. The van der Waals surface area contributed by atoms with E-state index in [2.05, 4.69) is 0 Å². The smallest absolute Gasteiger partial charge is 0.373 e. The van der Waals surface area contributed by atoms with Crippen LogP contribution in [0.2, 0.25) is 0 Å². The Morgan fingerprint density at radius 3 is 1.91 bits per heavy atom. The molecule has 0 amide bonds. The number of halogens is 6. The lowest BCUT2D eigenvalue weighted by atomic mass is 9.91. The van der Waals surface area contributed by atoms with Crippen LogP contribution < -0.4 is 0 Å². The van der Waals surface area contributed by atoms with Gasteiger partial charge >= 0.3 is 12.4 Å². The van der Waals surface area contributed by atoms with Gasteiger partial charge in [0.15, 0.2) is 5.78 Å². The van der Waals surface area contributed by atoms with E-state index in [1.165, 1.54) is 12.1 Å². The van der Waals surface area contributed by atoms with Gasteiger partial charge in [0.05, 0.1) is 6.42 Å². The van der Waals surface area contributed by atoms with Crippen molar-refractivity contribution >= 4 is 16.6 Å². The number of carbonyl (C=O) groups excluding carboxylic acids is 1. The van der Waals surface area contributed by atoms with Crippen LogP contribution >= 0.6 is 0 Å². The van der Waals surface area contributed by atoms with E-state index in [0.717, 1.165) is 6.07 Å². The first-order chi connectivity index (χ1) is 10.5. The average molecular weight is 336 g/mol. The summed E-state index contributed by atoms with van der Waals surface area (Å²) in [4.78, 5) is 11.8. The van der Waals surface area contributed by atoms with Crippen LogP contribution in [0.15, 0.2) is 42.5 Å². The molecule has 2 aromatic carbocycles. The SMILES string of the molecule is O=C(CC(O)(C(F)(F)F)C(F)(F)F)c1ccc2ccccc2c1. The molecule has 0 radical (unpaired) electrons. The van der Waals surface area contributed by atoms with Gasteiger partial charge in [-0.1, -0.05) is 36.4 Å². The van der Waals surface area contributed by atoms with Gasteiger partial charge in [-0.2, -0.15) is 26.3 Å². The first-order valence-electron chi connectivity index (χ1n) is 6.33. The van der Waals surface area contributed by atoms with Gasteiger partial charge in [-0.05, 0) is 16.8 Å². The molecule has 1 N–H and O–H groups in total. The predicted molar refractivity (Wildman–Crippen MR) is 70.0 cm³/mol. The topological polar surface area (TPSA) is 37.3 Å². The van der Waals surface area contributed by atoms with Crippen molar-refractivity contribution < 1.29 is 36.2 Å². The number of alkyl halides is 6. The van der Waals surface area contributed by atoms with E-state index >= 15 is 0 Å². The minimum atomic E-state index is -6.02. The van der Waals surface area contributed by atoms with Crippen molar-refractivity contribution in [2.75, 3.05) is 0 Å². The molecule has 0 heterocycles. The molecule has 0 saturated heterocycles. The highest BCUT2D eigenvalue weighted by atomic mass is 19.4. The van der Waals surface area contributed by atoms with Gasteiger partial charge in [0.1, 0.15) is 0 Å². The molecule has 124 valence electrons.